The molecule has 0 spiro atoms. The van der Waals surface area contributed by atoms with Crippen molar-refractivity contribution in [1.82, 2.24) is 0 Å². The molecule has 86 valence electrons. The molecule has 0 aliphatic rings. The van der Waals surface area contributed by atoms with Crippen molar-refractivity contribution >= 4 is 50.4 Å². The quantitative estimate of drug-likeness (QED) is 0.582. The number of benzene rings is 2. The Kier molecular flexibility index (Phi) is 4.17. The zero-order valence-corrected chi connectivity index (χ0v) is 12.5. The second-order valence-electron chi connectivity index (χ2n) is 3.42. The lowest BCUT2D eigenvalue weighted by Crippen LogP contribution is -1.86. The number of hydrogen-bond acceptors (Lipinski definition) is 2. The molecule has 2 rings (SSSR count). The van der Waals surface area contributed by atoms with E-state index in [4.69, 9.17) is 0 Å². The van der Waals surface area contributed by atoms with Crippen molar-refractivity contribution in [1.29, 1.82) is 0 Å². The molecule has 2 aromatic rings. The lowest BCUT2D eigenvalue weighted by Gasteiger charge is -2.02. The van der Waals surface area contributed by atoms with Crippen LogP contribution in [0.4, 0.5) is 5.69 Å². The van der Waals surface area contributed by atoms with Crippen molar-refractivity contribution in [3.8, 4) is 5.75 Å². The Balaban J connectivity index is 2.33. The zero-order chi connectivity index (χ0) is 12.3. The molecule has 0 fully saturated rings. The van der Waals surface area contributed by atoms with Crippen LogP contribution in [0.1, 0.15) is 5.56 Å². The van der Waals surface area contributed by atoms with Crippen LogP contribution < -0.4 is 0 Å². The predicted molar refractivity (Wildman–Crippen MR) is 82.2 cm³/mol. The normalized spacial score (nSPS) is 10.9. The topological polar surface area (TPSA) is 32.6 Å². The van der Waals surface area contributed by atoms with E-state index >= 15 is 0 Å². The molecule has 0 radical (unpaired) electrons. The second-order valence-corrected chi connectivity index (χ2v) is 5.50. The van der Waals surface area contributed by atoms with E-state index in [0.29, 0.717) is 5.56 Å². The summed E-state index contributed by atoms with van der Waals surface area (Å²) in [5.74, 6) is 0.258. The van der Waals surface area contributed by atoms with Crippen LogP contribution in [0.15, 0.2) is 51.9 Å². The fourth-order valence-corrected chi connectivity index (χ4v) is 2.89. The van der Waals surface area contributed by atoms with E-state index in [1.807, 2.05) is 42.5 Å². The second kappa shape index (κ2) is 5.64. The monoisotopic (exact) mass is 401 g/mol. The van der Waals surface area contributed by atoms with Gasteiger partial charge in [0.15, 0.2) is 0 Å². The summed E-state index contributed by atoms with van der Waals surface area (Å²) in [5.41, 5.74) is 1.56. The fourth-order valence-electron chi connectivity index (χ4n) is 1.34. The number of rotatable bonds is 2. The van der Waals surface area contributed by atoms with Gasteiger partial charge in [-0.2, -0.15) is 0 Å². The van der Waals surface area contributed by atoms with Gasteiger partial charge in [0.25, 0.3) is 0 Å². The number of hydrogen-bond donors (Lipinski definition) is 1. The molecule has 0 amide bonds. The van der Waals surface area contributed by atoms with Gasteiger partial charge in [-0.15, -0.1) is 0 Å². The van der Waals surface area contributed by atoms with E-state index in [2.05, 4.69) is 43.5 Å². The van der Waals surface area contributed by atoms with Crippen molar-refractivity contribution in [2.45, 2.75) is 0 Å². The molecule has 4 heteroatoms. The van der Waals surface area contributed by atoms with E-state index in [9.17, 15) is 5.11 Å². The summed E-state index contributed by atoms with van der Waals surface area (Å²) >= 11 is 5.48. The number of aliphatic imine (C=N–C) groups is 1. The summed E-state index contributed by atoms with van der Waals surface area (Å²) in [4.78, 5) is 4.31. The molecule has 0 atom stereocenters. The third-order valence-corrected chi connectivity index (χ3v) is 3.45. The van der Waals surface area contributed by atoms with Crippen LogP contribution in [-0.4, -0.2) is 11.3 Å². The Labute approximate surface area is 122 Å². The summed E-state index contributed by atoms with van der Waals surface area (Å²) in [6, 6.07) is 13.3. The average Bonchev–Trinajstić information content (AvgIpc) is 2.33. The number of aromatic hydroxyl groups is 1. The highest BCUT2D eigenvalue weighted by atomic mass is 127. The van der Waals surface area contributed by atoms with Gasteiger partial charge in [0, 0.05) is 16.3 Å². The van der Waals surface area contributed by atoms with E-state index in [0.717, 1.165) is 13.7 Å². The number of phenols is 1. The van der Waals surface area contributed by atoms with Gasteiger partial charge >= 0.3 is 0 Å². The first-order chi connectivity index (χ1) is 8.16. The summed E-state index contributed by atoms with van der Waals surface area (Å²) < 4.78 is 1.72. The van der Waals surface area contributed by atoms with Crippen molar-refractivity contribution in [3.05, 3.63) is 56.1 Å². The third kappa shape index (κ3) is 3.29. The van der Waals surface area contributed by atoms with Crippen LogP contribution in [0.25, 0.3) is 0 Å². The van der Waals surface area contributed by atoms with Crippen molar-refractivity contribution < 1.29 is 5.11 Å². The van der Waals surface area contributed by atoms with E-state index < -0.39 is 0 Å². The van der Waals surface area contributed by atoms with Gasteiger partial charge in [-0.1, -0.05) is 34.1 Å². The molecule has 0 bridgehead atoms. The first kappa shape index (κ1) is 12.6. The van der Waals surface area contributed by atoms with Crippen LogP contribution in [0.2, 0.25) is 0 Å². The van der Waals surface area contributed by atoms with E-state index in [1.54, 1.807) is 6.21 Å². The van der Waals surface area contributed by atoms with Gasteiger partial charge in [-0.25, -0.2) is 0 Å². The minimum atomic E-state index is 0.258. The molecule has 0 saturated heterocycles. The Morgan fingerprint density at radius 2 is 1.88 bits per heavy atom. The number of phenolic OH excluding ortho intramolecular Hbond substituents is 1. The third-order valence-electron chi connectivity index (χ3n) is 2.17. The molecule has 0 saturated carbocycles. The Morgan fingerprint density at radius 3 is 2.59 bits per heavy atom. The highest BCUT2D eigenvalue weighted by Gasteiger charge is 2.04. The Hall–Kier alpha value is -0.880. The summed E-state index contributed by atoms with van der Waals surface area (Å²) in [6.45, 7) is 0. The average molecular weight is 402 g/mol. The van der Waals surface area contributed by atoms with Crippen LogP contribution >= 0.6 is 38.5 Å². The Bertz CT molecular complexity index is 555. The van der Waals surface area contributed by atoms with E-state index in [1.165, 1.54) is 0 Å². The molecular formula is C13H9BrINO. The van der Waals surface area contributed by atoms with Crippen molar-refractivity contribution in [2.75, 3.05) is 0 Å². The highest BCUT2D eigenvalue weighted by molar-refractivity contribution is 14.1. The van der Waals surface area contributed by atoms with Crippen LogP contribution in [-0.2, 0) is 0 Å². The zero-order valence-electron chi connectivity index (χ0n) is 8.77. The standard InChI is InChI=1S/C13H9BrINO/c14-10-6-9(13(17)12(15)7-10)8-16-11-4-2-1-3-5-11/h1-8,17H. The maximum atomic E-state index is 9.88. The van der Waals surface area contributed by atoms with Gasteiger partial charge in [0.1, 0.15) is 5.75 Å². The Morgan fingerprint density at radius 1 is 1.18 bits per heavy atom. The van der Waals surface area contributed by atoms with Gasteiger partial charge in [0.05, 0.1) is 9.26 Å². The first-order valence-corrected chi connectivity index (χ1v) is 6.81. The molecule has 17 heavy (non-hydrogen) atoms. The number of para-hydroxylation sites is 1. The molecule has 1 N–H and O–H groups in total. The molecule has 0 unspecified atom stereocenters. The molecule has 0 aromatic heterocycles. The first-order valence-electron chi connectivity index (χ1n) is 4.94. The summed E-state index contributed by atoms with van der Waals surface area (Å²) in [7, 11) is 0. The molecule has 0 heterocycles. The number of halogens is 2. The largest absolute Gasteiger partial charge is 0.506 e. The number of nitrogens with zero attached hydrogens (tertiary/aromatic N) is 1. The predicted octanol–water partition coefficient (Wildman–Crippen LogP) is 4.51. The highest BCUT2D eigenvalue weighted by Crippen LogP contribution is 2.27. The smallest absolute Gasteiger partial charge is 0.137 e. The molecule has 0 aliphatic carbocycles. The minimum Gasteiger partial charge on any atom is -0.506 e. The van der Waals surface area contributed by atoms with Crippen molar-refractivity contribution in [3.63, 3.8) is 0 Å². The van der Waals surface area contributed by atoms with Crippen LogP contribution in [0.5, 0.6) is 5.75 Å². The molecule has 2 nitrogen and oxygen atoms in total. The molecule has 2 aromatic carbocycles. The van der Waals surface area contributed by atoms with Gasteiger partial charge in [-0.3, -0.25) is 4.99 Å². The molecule has 0 aliphatic heterocycles. The van der Waals surface area contributed by atoms with Crippen LogP contribution in [0.3, 0.4) is 0 Å². The fraction of sp³-hybridized carbons (Fsp3) is 0. The van der Waals surface area contributed by atoms with E-state index in [-0.39, 0.29) is 5.75 Å². The summed E-state index contributed by atoms with van der Waals surface area (Å²) in [6.07, 6.45) is 1.66. The maximum absolute atomic E-state index is 9.88. The SMILES string of the molecule is Oc1c(I)cc(Br)cc1C=Nc1ccccc1. The van der Waals surface area contributed by atoms with Crippen molar-refractivity contribution in [2.24, 2.45) is 4.99 Å². The lowest BCUT2D eigenvalue weighted by atomic mass is 10.2. The van der Waals surface area contributed by atoms with Crippen LogP contribution in [0, 0.1) is 3.57 Å². The molecular weight excluding hydrogens is 393 g/mol. The summed E-state index contributed by atoms with van der Waals surface area (Å²) in [5, 5.41) is 9.88. The minimum absolute atomic E-state index is 0.258. The maximum Gasteiger partial charge on any atom is 0.137 e. The van der Waals surface area contributed by atoms with Gasteiger partial charge < -0.3 is 5.11 Å². The lowest BCUT2D eigenvalue weighted by molar-refractivity contribution is 0.470. The van der Waals surface area contributed by atoms with Gasteiger partial charge in [0.2, 0.25) is 0 Å². The van der Waals surface area contributed by atoms with Gasteiger partial charge in [-0.05, 0) is 46.9 Å².